The molecule has 0 bridgehead atoms. The molecule has 2 heterocycles. The molecule has 3 rings (SSSR count). The fourth-order valence-electron chi connectivity index (χ4n) is 3.73. The summed E-state index contributed by atoms with van der Waals surface area (Å²) in [4.78, 5) is 20.3. The van der Waals surface area contributed by atoms with Crippen LogP contribution in [0.4, 0.5) is 0 Å². The summed E-state index contributed by atoms with van der Waals surface area (Å²) >= 11 is 1.48. The molecule has 0 unspecified atom stereocenters. The van der Waals surface area contributed by atoms with E-state index in [2.05, 4.69) is 67.6 Å². The number of thioether (sulfide) groups is 1. The normalized spacial score (nSPS) is 17.6. The lowest BCUT2D eigenvalue weighted by molar-refractivity contribution is -0.123. The van der Waals surface area contributed by atoms with Crippen molar-refractivity contribution in [3.8, 4) is 5.69 Å². The summed E-state index contributed by atoms with van der Waals surface area (Å²) in [7, 11) is 0. The predicted molar refractivity (Wildman–Crippen MR) is 129 cm³/mol. The van der Waals surface area contributed by atoms with Crippen molar-refractivity contribution in [1.82, 2.24) is 9.47 Å². The molecule has 1 aliphatic heterocycles. The highest BCUT2D eigenvalue weighted by molar-refractivity contribution is 8.18. The van der Waals surface area contributed by atoms with E-state index in [1.165, 1.54) is 17.3 Å². The van der Waals surface area contributed by atoms with E-state index in [4.69, 9.17) is 0 Å². The van der Waals surface area contributed by atoms with E-state index in [-0.39, 0.29) is 18.0 Å². The van der Waals surface area contributed by atoms with Crippen molar-refractivity contribution in [2.24, 2.45) is 4.99 Å². The number of amidine groups is 1. The molecule has 1 aromatic heterocycles. The van der Waals surface area contributed by atoms with Crippen molar-refractivity contribution in [2.75, 3.05) is 0 Å². The van der Waals surface area contributed by atoms with E-state index in [1.54, 1.807) is 4.90 Å². The number of aliphatic imine (C=N–C) groups is 1. The van der Waals surface area contributed by atoms with Crippen LogP contribution in [0.3, 0.4) is 0 Å². The lowest BCUT2D eigenvalue weighted by atomic mass is 10.0. The molecule has 1 aromatic carbocycles. The number of aromatic nitrogens is 1. The number of nitrogens with zero attached hydrogens (tertiary/aromatic N) is 3. The van der Waals surface area contributed by atoms with Crippen molar-refractivity contribution in [3.63, 3.8) is 0 Å². The van der Waals surface area contributed by atoms with Gasteiger partial charge in [-0.3, -0.25) is 14.7 Å². The molecular formula is C25H33N3OS. The molecule has 30 heavy (non-hydrogen) atoms. The van der Waals surface area contributed by atoms with Gasteiger partial charge in [-0.05, 0) is 94.6 Å². The highest BCUT2D eigenvalue weighted by Gasteiger charge is 2.35. The Morgan fingerprint density at radius 3 is 2.17 bits per heavy atom. The summed E-state index contributed by atoms with van der Waals surface area (Å²) in [6.45, 7) is 16.8. The van der Waals surface area contributed by atoms with Gasteiger partial charge < -0.3 is 4.57 Å². The maximum Gasteiger partial charge on any atom is 0.266 e. The van der Waals surface area contributed by atoms with Crippen molar-refractivity contribution in [2.45, 2.75) is 73.4 Å². The molecule has 2 aromatic rings. The highest BCUT2D eigenvalue weighted by atomic mass is 32.2. The standard InChI is InChI=1S/C25H33N3OS/c1-15(2)20-9-11-22(12-10-20)28-18(7)13-21(19(28)8)14-23-24(29)27(17(5)6)25(30-23)26-16(3)4/h9-17H,1-8H3/b23-14+,26-25?. The van der Waals surface area contributed by atoms with Gasteiger partial charge >= 0.3 is 0 Å². The minimum atomic E-state index is 0.0421. The zero-order valence-electron chi connectivity index (χ0n) is 19.4. The third kappa shape index (κ3) is 4.41. The molecule has 0 spiro atoms. The Morgan fingerprint density at radius 2 is 1.63 bits per heavy atom. The smallest absolute Gasteiger partial charge is 0.266 e. The van der Waals surface area contributed by atoms with E-state index in [9.17, 15) is 4.79 Å². The monoisotopic (exact) mass is 423 g/mol. The van der Waals surface area contributed by atoms with Gasteiger partial charge in [-0.2, -0.15) is 0 Å². The van der Waals surface area contributed by atoms with Crippen molar-refractivity contribution < 1.29 is 4.79 Å². The number of hydrogen-bond acceptors (Lipinski definition) is 3. The summed E-state index contributed by atoms with van der Waals surface area (Å²) in [5, 5.41) is 0.800. The van der Waals surface area contributed by atoms with Crippen molar-refractivity contribution in [1.29, 1.82) is 0 Å². The summed E-state index contributed by atoms with van der Waals surface area (Å²) in [6.07, 6.45) is 2.02. The van der Waals surface area contributed by atoms with Crippen LogP contribution in [0.15, 0.2) is 40.2 Å². The number of carbonyl (C=O) groups excluding carboxylic acids is 1. The molecule has 4 nitrogen and oxygen atoms in total. The molecule has 1 amide bonds. The van der Waals surface area contributed by atoms with Gasteiger partial charge in [0.1, 0.15) is 0 Å². The first-order valence-electron chi connectivity index (χ1n) is 10.7. The molecule has 1 fully saturated rings. The lowest BCUT2D eigenvalue weighted by Crippen LogP contribution is -2.35. The first kappa shape index (κ1) is 22.4. The second kappa shape index (κ2) is 8.84. The molecule has 5 heteroatoms. The van der Waals surface area contributed by atoms with Crippen LogP contribution in [0, 0.1) is 13.8 Å². The van der Waals surface area contributed by atoms with Crippen molar-refractivity contribution in [3.05, 3.63) is 57.8 Å². The maximum absolute atomic E-state index is 13.1. The molecule has 160 valence electrons. The molecule has 0 N–H and O–H groups in total. The number of amides is 1. The Morgan fingerprint density at radius 1 is 1.00 bits per heavy atom. The van der Waals surface area contributed by atoms with E-state index in [0.29, 0.717) is 5.92 Å². The van der Waals surface area contributed by atoms with Gasteiger partial charge in [0, 0.05) is 29.2 Å². The quantitative estimate of drug-likeness (QED) is 0.529. The molecule has 0 aliphatic carbocycles. The van der Waals surface area contributed by atoms with Gasteiger partial charge in [0.05, 0.1) is 4.91 Å². The van der Waals surface area contributed by atoms with Crippen LogP contribution < -0.4 is 0 Å². The van der Waals surface area contributed by atoms with Crippen LogP contribution in [-0.2, 0) is 4.79 Å². The van der Waals surface area contributed by atoms with Crippen LogP contribution in [-0.4, -0.2) is 32.6 Å². The van der Waals surface area contributed by atoms with E-state index >= 15 is 0 Å². The molecule has 0 saturated carbocycles. The first-order valence-corrected chi connectivity index (χ1v) is 11.5. The summed E-state index contributed by atoms with van der Waals surface area (Å²) in [5.41, 5.74) is 5.85. The third-order valence-corrected chi connectivity index (χ3v) is 6.29. The second-order valence-corrected chi connectivity index (χ2v) is 9.80. The van der Waals surface area contributed by atoms with Crippen molar-refractivity contribution >= 4 is 28.9 Å². The average molecular weight is 424 g/mol. The van der Waals surface area contributed by atoms with Gasteiger partial charge in [-0.15, -0.1) is 0 Å². The second-order valence-electron chi connectivity index (χ2n) is 8.79. The highest BCUT2D eigenvalue weighted by Crippen LogP contribution is 2.35. The van der Waals surface area contributed by atoms with Gasteiger partial charge in [0.2, 0.25) is 0 Å². The molecular weight excluding hydrogens is 390 g/mol. The third-order valence-electron chi connectivity index (χ3n) is 5.30. The van der Waals surface area contributed by atoms with Gasteiger partial charge in [0.15, 0.2) is 5.17 Å². The van der Waals surface area contributed by atoms with E-state index in [1.807, 2.05) is 33.8 Å². The molecule has 0 radical (unpaired) electrons. The topological polar surface area (TPSA) is 37.6 Å². The summed E-state index contributed by atoms with van der Waals surface area (Å²) < 4.78 is 2.25. The average Bonchev–Trinajstić information content (AvgIpc) is 3.10. The Bertz CT molecular complexity index is 994. The van der Waals surface area contributed by atoms with E-state index in [0.717, 1.165) is 32.7 Å². The SMILES string of the molecule is Cc1cc(/C=C2/SC(=NC(C)C)N(C(C)C)C2=O)c(C)n1-c1ccc(C(C)C)cc1. The largest absolute Gasteiger partial charge is 0.318 e. The van der Waals surface area contributed by atoms with Crippen LogP contribution in [0.5, 0.6) is 0 Å². The number of benzene rings is 1. The molecule has 1 aliphatic rings. The van der Waals surface area contributed by atoms with Crippen LogP contribution in [0.2, 0.25) is 0 Å². The summed E-state index contributed by atoms with van der Waals surface area (Å²) in [6, 6.07) is 11.1. The molecule has 0 atom stereocenters. The Hall–Kier alpha value is -2.27. The van der Waals surface area contributed by atoms with E-state index < -0.39 is 0 Å². The number of carbonyl (C=O) groups is 1. The zero-order chi connectivity index (χ0) is 22.2. The zero-order valence-corrected chi connectivity index (χ0v) is 20.2. The van der Waals surface area contributed by atoms with Crippen LogP contribution in [0.1, 0.15) is 70.0 Å². The fraction of sp³-hybridized carbons (Fsp3) is 0.440. The van der Waals surface area contributed by atoms with Crippen LogP contribution in [0.25, 0.3) is 11.8 Å². The van der Waals surface area contributed by atoms with Gasteiger partial charge in [-0.1, -0.05) is 26.0 Å². The lowest BCUT2D eigenvalue weighted by Gasteiger charge is -2.20. The maximum atomic E-state index is 13.1. The minimum absolute atomic E-state index is 0.0421. The number of hydrogen-bond donors (Lipinski definition) is 0. The Kier molecular flexibility index (Phi) is 6.61. The summed E-state index contributed by atoms with van der Waals surface area (Å²) in [5.74, 6) is 0.558. The van der Waals surface area contributed by atoms with Gasteiger partial charge in [0.25, 0.3) is 5.91 Å². The Balaban J connectivity index is 1.99. The molecule has 1 saturated heterocycles. The first-order chi connectivity index (χ1) is 14.1. The fourth-order valence-corrected chi connectivity index (χ4v) is 4.96. The number of rotatable bonds is 5. The Labute approximate surface area is 185 Å². The predicted octanol–water partition coefficient (Wildman–Crippen LogP) is 6.31. The minimum Gasteiger partial charge on any atom is -0.318 e. The number of aryl methyl sites for hydroxylation is 1. The van der Waals surface area contributed by atoms with Gasteiger partial charge in [-0.25, -0.2) is 0 Å². The van der Waals surface area contributed by atoms with Crippen LogP contribution >= 0.6 is 11.8 Å².